The predicted molar refractivity (Wildman–Crippen MR) is 69.7 cm³/mol. The molecule has 7 nitrogen and oxygen atoms in total. The molecule has 1 amide bonds. The molecule has 0 aliphatic carbocycles. The summed E-state index contributed by atoms with van der Waals surface area (Å²) in [5.41, 5.74) is 0.693. The predicted octanol–water partition coefficient (Wildman–Crippen LogP) is 0.319. The number of amides is 1. The van der Waals surface area contributed by atoms with Crippen LogP contribution in [0.4, 0.5) is 11.6 Å². The van der Waals surface area contributed by atoms with Gasteiger partial charge in [0.15, 0.2) is 11.5 Å². The lowest BCUT2D eigenvalue weighted by Crippen LogP contribution is -2.29. The van der Waals surface area contributed by atoms with Crippen molar-refractivity contribution < 1.29 is 4.79 Å². The molecular weight excluding hydrogens is 232 g/mol. The Morgan fingerprint density at radius 3 is 3.06 bits per heavy atom. The molecular formula is C11H16N6O. The van der Waals surface area contributed by atoms with Crippen LogP contribution in [0.1, 0.15) is 6.92 Å². The van der Waals surface area contributed by atoms with Gasteiger partial charge in [0.2, 0.25) is 5.91 Å². The molecule has 2 heterocycles. The first-order chi connectivity index (χ1) is 8.74. The van der Waals surface area contributed by atoms with E-state index >= 15 is 0 Å². The van der Waals surface area contributed by atoms with E-state index in [2.05, 4.69) is 25.9 Å². The van der Waals surface area contributed by atoms with Gasteiger partial charge in [-0.25, -0.2) is 9.97 Å². The molecule has 0 saturated carbocycles. The SMILES string of the molecule is CCNC(=O)CNc1nc(NC)cn2ccnc12. The molecule has 2 aromatic heterocycles. The average molecular weight is 248 g/mol. The number of nitrogens with one attached hydrogen (secondary N) is 3. The number of nitrogens with zero attached hydrogens (tertiary/aromatic N) is 3. The van der Waals surface area contributed by atoms with E-state index in [0.717, 1.165) is 0 Å². The minimum Gasteiger partial charge on any atom is -0.372 e. The molecule has 0 aliphatic rings. The largest absolute Gasteiger partial charge is 0.372 e. The summed E-state index contributed by atoms with van der Waals surface area (Å²) in [7, 11) is 1.79. The third-order valence-corrected chi connectivity index (χ3v) is 2.42. The molecule has 2 rings (SSSR count). The fourth-order valence-electron chi connectivity index (χ4n) is 1.59. The average Bonchev–Trinajstić information content (AvgIpc) is 2.84. The van der Waals surface area contributed by atoms with Crippen molar-refractivity contribution in [3.63, 3.8) is 0 Å². The molecule has 0 bridgehead atoms. The van der Waals surface area contributed by atoms with E-state index < -0.39 is 0 Å². The van der Waals surface area contributed by atoms with E-state index in [1.165, 1.54) is 0 Å². The Morgan fingerprint density at radius 1 is 1.50 bits per heavy atom. The van der Waals surface area contributed by atoms with Gasteiger partial charge in [-0.15, -0.1) is 0 Å². The van der Waals surface area contributed by atoms with Crippen molar-refractivity contribution in [3.8, 4) is 0 Å². The number of fused-ring (bicyclic) bond motifs is 1. The van der Waals surface area contributed by atoms with Crippen LogP contribution in [0, 0.1) is 0 Å². The number of aromatic nitrogens is 3. The molecule has 0 aliphatic heterocycles. The van der Waals surface area contributed by atoms with E-state index in [9.17, 15) is 4.79 Å². The van der Waals surface area contributed by atoms with Crippen molar-refractivity contribution in [2.75, 3.05) is 30.8 Å². The Balaban J connectivity index is 2.20. The molecule has 0 saturated heterocycles. The summed E-state index contributed by atoms with van der Waals surface area (Å²) in [6.07, 6.45) is 5.35. The fraction of sp³-hybridized carbons (Fsp3) is 0.364. The number of anilines is 2. The summed E-state index contributed by atoms with van der Waals surface area (Å²) in [5, 5.41) is 8.66. The van der Waals surface area contributed by atoms with Crippen molar-refractivity contribution >= 4 is 23.2 Å². The van der Waals surface area contributed by atoms with Gasteiger partial charge in [0.25, 0.3) is 0 Å². The van der Waals surface area contributed by atoms with E-state index in [1.54, 1.807) is 13.2 Å². The van der Waals surface area contributed by atoms with Crippen molar-refractivity contribution in [3.05, 3.63) is 18.6 Å². The maximum atomic E-state index is 11.4. The maximum Gasteiger partial charge on any atom is 0.239 e. The van der Waals surface area contributed by atoms with Gasteiger partial charge in [-0.2, -0.15) is 0 Å². The highest BCUT2D eigenvalue weighted by atomic mass is 16.1. The monoisotopic (exact) mass is 248 g/mol. The standard InChI is InChI=1S/C11H16N6O/c1-3-13-9(18)6-15-10-11-14-4-5-17(11)7-8(12-2)16-10/h4-5,7,12H,3,6H2,1-2H3,(H,13,18)(H,15,16). The van der Waals surface area contributed by atoms with Crippen LogP contribution in [0.5, 0.6) is 0 Å². The zero-order chi connectivity index (χ0) is 13.0. The summed E-state index contributed by atoms with van der Waals surface area (Å²) < 4.78 is 1.85. The third-order valence-electron chi connectivity index (χ3n) is 2.42. The second-order valence-electron chi connectivity index (χ2n) is 3.69. The lowest BCUT2D eigenvalue weighted by Gasteiger charge is -2.09. The number of carbonyl (C=O) groups excluding carboxylic acids is 1. The molecule has 2 aromatic rings. The van der Waals surface area contributed by atoms with E-state index in [-0.39, 0.29) is 12.5 Å². The Morgan fingerprint density at radius 2 is 2.33 bits per heavy atom. The molecule has 96 valence electrons. The van der Waals surface area contributed by atoms with Crippen LogP contribution in [0.2, 0.25) is 0 Å². The van der Waals surface area contributed by atoms with E-state index in [0.29, 0.717) is 23.8 Å². The summed E-state index contributed by atoms with van der Waals surface area (Å²) in [6.45, 7) is 2.67. The molecule has 0 spiro atoms. The molecule has 0 radical (unpaired) electrons. The van der Waals surface area contributed by atoms with Crippen molar-refractivity contribution in [1.82, 2.24) is 19.7 Å². The van der Waals surface area contributed by atoms with Gasteiger partial charge >= 0.3 is 0 Å². The smallest absolute Gasteiger partial charge is 0.239 e. The Bertz CT molecular complexity index is 549. The van der Waals surface area contributed by atoms with Gasteiger partial charge < -0.3 is 20.4 Å². The number of carbonyl (C=O) groups is 1. The summed E-state index contributed by atoms with van der Waals surface area (Å²) in [6, 6.07) is 0. The normalized spacial score (nSPS) is 10.3. The first-order valence-electron chi connectivity index (χ1n) is 5.76. The van der Waals surface area contributed by atoms with Gasteiger partial charge in [-0.05, 0) is 6.92 Å². The molecule has 18 heavy (non-hydrogen) atoms. The minimum atomic E-state index is -0.0705. The van der Waals surface area contributed by atoms with Crippen molar-refractivity contribution in [1.29, 1.82) is 0 Å². The first-order valence-corrected chi connectivity index (χ1v) is 5.76. The zero-order valence-corrected chi connectivity index (χ0v) is 10.4. The quantitative estimate of drug-likeness (QED) is 0.709. The Kier molecular flexibility index (Phi) is 3.61. The van der Waals surface area contributed by atoms with Crippen LogP contribution >= 0.6 is 0 Å². The van der Waals surface area contributed by atoms with Gasteiger partial charge in [-0.1, -0.05) is 0 Å². The first kappa shape index (κ1) is 12.2. The number of rotatable bonds is 5. The van der Waals surface area contributed by atoms with Crippen LogP contribution in [-0.2, 0) is 4.79 Å². The number of hydrogen-bond donors (Lipinski definition) is 3. The van der Waals surface area contributed by atoms with Gasteiger partial charge in [-0.3, -0.25) is 4.79 Å². The van der Waals surface area contributed by atoms with E-state index in [4.69, 9.17) is 0 Å². The highest BCUT2D eigenvalue weighted by molar-refractivity contribution is 5.81. The zero-order valence-electron chi connectivity index (χ0n) is 10.4. The summed E-state index contributed by atoms with van der Waals surface area (Å²) in [4.78, 5) is 19.9. The van der Waals surface area contributed by atoms with E-state index in [1.807, 2.05) is 23.7 Å². The van der Waals surface area contributed by atoms with Crippen molar-refractivity contribution in [2.45, 2.75) is 6.92 Å². The van der Waals surface area contributed by atoms with Crippen LogP contribution in [0.25, 0.3) is 5.65 Å². The Labute approximate surface area is 105 Å². The third kappa shape index (κ3) is 2.50. The summed E-state index contributed by atoms with van der Waals surface area (Å²) in [5.74, 6) is 1.22. The molecule has 0 atom stereocenters. The lowest BCUT2D eigenvalue weighted by atomic mass is 10.5. The molecule has 0 unspecified atom stereocenters. The summed E-state index contributed by atoms with van der Waals surface area (Å²) >= 11 is 0. The van der Waals surface area contributed by atoms with Gasteiger partial charge in [0, 0.05) is 26.0 Å². The van der Waals surface area contributed by atoms with Crippen molar-refractivity contribution in [2.24, 2.45) is 0 Å². The second kappa shape index (κ2) is 5.35. The fourth-order valence-corrected chi connectivity index (χ4v) is 1.59. The van der Waals surface area contributed by atoms with Crippen LogP contribution in [0.3, 0.4) is 0 Å². The molecule has 3 N–H and O–H groups in total. The Hall–Kier alpha value is -2.31. The van der Waals surface area contributed by atoms with Crippen LogP contribution in [-0.4, -0.2) is 40.4 Å². The lowest BCUT2D eigenvalue weighted by molar-refractivity contribution is -0.119. The van der Waals surface area contributed by atoms with Gasteiger partial charge in [0.05, 0.1) is 12.7 Å². The van der Waals surface area contributed by atoms with Gasteiger partial charge in [0.1, 0.15) is 5.82 Å². The highest BCUT2D eigenvalue weighted by Crippen LogP contribution is 2.15. The maximum absolute atomic E-state index is 11.4. The molecule has 0 aromatic carbocycles. The number of likely N-dealkylation sites (N-methyl/N-ethyl adjacent to an activating group) is 1. The number of hydrogen-bond acceptors (Lipinski definition) is 5. The number of imidazole rings is 1. The van der Waals surface area contributed by atoms with Crippen LogP contribution in [0.15, 0.2) is 18.6 Å². The van der Waals surface area contributed by atoms with Crippen LogP contribution < -0.4 is 16.0 Å². The molecule has 0 fully saturated rings. The highest BCUT2D eigenvalue weighted by Gasteiger charge is 2.08. The molecule has 7 heteroatoms. The second-order valence-corrected chi connectivity index (χ2v) is 3.69. The topological polar surface area (TPSA) is 83.3 Å². The minimum absolute atomic E-state index is 0.0705.